The lowest BCUT2D eigenvalue weighted by molar-refractivity contribution is 0.186. The van der Waals surface area contributed by atoms with Crippen molar-refractivity contribution >= 4 is 20.7 Å². The van der Waals surface area contributed by atoms with E-state index in [1.54, 1.807) is 6.20 Å². The number of ether oxygens (including phenoxy) is 1. The van der Waals surface area contributed by atoms with Gasteiger partial charge in [0.15, 0.2) is 9.84 Å². The highest BCUT2D eigenvalue weighted by Gasteiger charge is 2.17. The molecule has 1 heterocycles. The van der Waals surface area contributed by atoms with Gasteiger partial charge in [0.1, 0.15) is 0 Å². The van der Waals surface area contributed by atoms with Crippen LogP contribution in [0, 0.1) is 0 Å². The predicted octanol–water partition coefficient (Wildman–Crippen LogP) is 1.12. The van der Waals surface area contributed by atoms with Gasteiger partial charge >= 0.3 is 0 Å². The van der Waals surface area contributed by atoms with Crippen LogP contribution in [0.2, 0.25) is 0 Å². The van der Waals surface area contributed by atoms with E-state index >= 15 is 0 Å². The summed E-state index contributed by atoms with van der Waals surface area (Å²) >= 11 is 0. The Balaban J connectivity index is 2.14. The molecule has 5 nitrogen and oxygen atoms in total. The zero-order chi connectivity index (χ0) is 14.6. The van der Waals surface area contributed by atoms with Gasteiger partial charge in [-0.2, -0.15) is 0 Å². The van der Waals surface area contributed by atoms with Gasteiger partial charge in [0.2, 0.25) is 0 Å². The second-order valence-electron chi connectivity index (χ2n) is 4.81. The zero-order valence-corrected chi connectivity index (χ0v) is 12.1. The molecule has 1 aromatic heterocycles. The molecule has 2 N–H and O–H groups in total. The fraction of sp³-hybridized carbons (Fsp3) is 0.357. The van der Waals surface area contributed by atoms with Crippen molar-refractivity contribution in [3.63, 3.8) is 0 Å². The van der Waals surface area contributed by atoms with Crippen molar-refractivity contribution < 1.29 is 13.2 Å². The Hall–Kier alpha value is -1.50. The number of nitrogens with two attached hydrogens (primary N) is 1. The van der Waals surface area contributed by atoms with Crippen LogP contribution in [-0.2, 0) is 20.3 Å². The second-order valence-corrected chi connectivity index (χ2v) is 6.92. The second kappa shape index (κ2) is 6.30. The Morgan fingerprint density at radius 1 is 1.35 bits per heavy atom. The Morgan fingerprint density at radius 3 is 2.85 bits per heavy atom. The molecule has 0 saturated carbocycles. The highest BCUT2D eigenvalue weighted by molar-refractivity contribution is 7.90. The standard InChI is InChI=1S/C14H18N2O3S/c1-19-8-13(15)10-20(17,18)9-11-6-12-4-2-3-5-14(12)16-7-11/h2-7,13H,8-10,15H2,1H3. The highest BCUT2D eigenvalue weighted by Crippen LogP contribution is 2.15. The Kier molecular flexibility index (Phi) is 4.69. The van der Waals surface area contributed by atoms with Gasteiger partial charge in [0, 0.05) is 24.7 Å². The molecule has 6 heteroatoms. The summed E-state index contributed by atoms with van der Waals surface area (Å²) in [6.45, 7) is 0.231. The minimum Gasteiger partial charge on any atom is -0.383 e. The molecule has 2 aromatic rings. The molecule has 0 radical (unpaired) electrons. The van der Waals surface area contributed by atoms with E-state index in [1.165, 1.54) is 7.11 Å². The maximum absolute atomic E-state index is 12.1. The maximum Gasteiger partial charge on any atom is 0.156 e. The van der Waals surface area contributed by atoms with Crippen LogP contribution in [0.25, 0.3) is 10.9 Å². The summed E-state index contributed by atoms with van der Waals surface area (Å²) in [4.78, 5) is 4.26. The SMILES string of the molecule is COCC(N)CS(=O)(=O)Cc1cnc2ccccc2c1. The zero-order valence-electron chi connectivity index (χ0n) is 11.3. The van der Waals surface area contributed by atoms with Gasteiger partial charge in [-0.3, -0.25) is 4.98 Å². The lowest BCUT2D eigenvalue weighted by Gasteiger charge is -2.11. The summed E-state index contributed by atoms with van der Waals surface area (Å²) in [5, 5.41) is 0.932. The monoisotopic (exact) mass is 294 g/mol. The summed E-state index contributed by atoms with van der Waals surface area (Å²) in [5.74, 6) is -0.143. The summed E-state index contributed by atoms with van der Waals surface area (Å²) in [6, 6.07) is 8.95. The van der Waals surface area contributed by atoms with Crippen LogP contribution in [0.3, 0.4) is 0 Å². The molecule has 0 fully saturated rings. The van der Waals surface area contributed by atoms with Gasteiger partial charge in [-0.1, -0.05) is 18.2 Å². The summed E-state index contributed by atoms with van der Waals surface area (Å²) in [6.07, 6.45) is 1.60. The molecule has 1 unspecified atom stereocenters. The minimum absolute atomic E-state index is 0.0533. The predicted molar refractivity (Wildman–Crippen MR) is 79.1 cm³/mol. The largest absolute Gasteiger partial charge is 0.383 e. The van der Waals surface area contributed by atoms with Crippen molar-refractivity contribution in [2.75, 3.05) is 19.5 Å². The number of nitrogens with zero attached hydrogens (tertiary/aromatic N) is 1. The third-order valence-corrected chi connectivity index (χ3v) is 4.59. The molecule has 0 amide bonds. The molecule has 108 valence electrons. The topological polar surface area (TPSA) is 82.3 Å². The van der Waals surface area contributed by atoms with Crippen LogP contribution in [0.4, 0.5) is 0 Å². The number of fused-ring (bicyclic) bond motifs is 1. The van der Waals surface area contributed by atoms with E-state index in [0.29, 0.717) is 5.56 Å². The fourth-order valence-electron chi connectivity index (χ4n) is 2.10. The molecular weight excluding hydrogens is 276 g/mol. The van der Waals surface area contributed by atoms with E-state index in [1.807, 2.05) is 30.3 Å². The van der Waals surface area contributed by atoms with E-state index in [4.69, 9.17) is 10.5 Å². The third-order valence-electron chi connectivity index (χ3n) is 2.88. The van der Waals surface area contributed by atoms with Crippen molar-refractivity contribution in [3.8, 4) is 0 Å². The van der Waals surface area contributed by atoms with Crippen LogP contribution in [0.1, 0.15) is 5.56 Å². The molecule has 1 atom stereocenters. The van der Waals surface area contributed by atoms with Gasteiger partial charge in [0.25, 0.3) is 0 Å². The fourth-order valence-corrected chi connectivity index (χ4v) is 3.63. The lowest BCUT2D eigenvalue weighted by Crippen LogP contribution is -2.34. The number of hydrogen-bond donors (Lipinski definition) is 1. The van der Waals surface area contributed by atoms with Crippen molar-refractivity contribution in [1.29, 1.82) is 0 Å². The first-order valence-corrected chi connectivity index (χ1v) is 8.11. The summed E-state index contributed by atoms with van der Waals surface area (Å²) in [7, 11) is -1.77. The van der Waals surface area contributed by atoms with Gasteiger partial charge in [0.05, 0.1) is 23.6 Å². The van der Waals surface area contributed by atoms with Crippen molar-refractivity contribution in [1.82, 2.24) is 4.98 Å². The molecule has 0 aliphatic heterocycles. The van der Waals surface area contributed by atoms with Crippen molar-refractivity contribution in [3.05, 3.63) is 42.1 Å². The lowest BCUT2D eigenvalue weighted by atomic mass is 10.2. The van der Waals surface area contributed by atoms with E-state index in [0.717, 1.165) is 10.9 Å². The van der Waals surface area contributed by atoms with E-state index in [2.05, 4.69) is 4.98 Å². The highest BCUT2D eigenvalue weighted by atomic mass is 32.2. The first-order chi connectivity index (χ1) is 9.50. The normalized spacial score (nSPS) is 13.5. The van der Waals surface area contributed by atoms with Gasteiger partial charge in [-0.05, 0) is 17.7 Å². The number of para-hydroxylation sites is 1. The molecule has 0 bridgehead atoms. The third kappa shape index (κ3) is 4.00. The van der Waals surface area contributed by atoms with Gasteiger partial charge in [-0.15, -0.1) is 0 Å². The smallest absolute Gasteiger partial charge is 0.156 e. The average Bonchev–Trinajstić information content (AvgIpc) is 2.37. The first kappa shape index (κ1) is 14.9. The van der Waals surface area contributed by atoms with Crippen LogP contribution >= 0.6 is 0 Å². The summed E-state index contributed by atoms with van der Waals surface area (Å²) < 4.78 is 29.0. The first-order valence-electron chi connectivity index (χ1n) is 6.29. The Morgan fingerprint density at radius 2 is 2.10 bits per heavy atom. The van der Waals surface area contributed by atoms with Crippen LogP contribution in [0.15, 0.2) is 36.5 Å². The van der Waals surface area contributed by atoms with E-state index in [9.17, 15) is 8.42 Å². The molecule has 2 rings (SSSR count). The Labute approximate surface area is 118 Å². The van der Waals surface area contributed by atoms with E-state index < -0.39 is 15.9 Å². The number of sulfone groups is 1. The number of aromatic nitrogens is 1. The quantitative estimate of drug-likeness (QED) is 0.863. The van der Waals surface area contributed by atoms with Crippen LogP contribution in [-0.4, -0.2) is 38.9 Å². The van der Waals surface area contributed by atoms with Gasteiger partial charge < -0.3 is 10.5 Å². The number of hydrogen-bond acceptors (Lipinski definition) is 5. The van der Waals surface area contributed by atoms with E-state index in [-0.39, 0.29) is 18.1 Å². The van der Waals surface area contributed by atoms with Crippen molar-refractivity contribution in [2.45, 2.75) is 11.8 Å². The van der Waals surface area contributed by atoms with Crippen molar-refractivity contribution in [2.24, 2.45) is 5.73 Å². The average molecular weight is 294 g/mol. The molecule has 0 aliphatic carbocycles. The molecule has 0 aliphatic rings. The Bertz CT molecular complexity index is 686. The van der Waals surface area contributed by atoms with Crippen LogP contribution in [0.5, 0.6) is 0 Å². The molecule has 1 aromatic carbocycles. The molecule has 20 heavy (non-hydrogen) atoms. The molecule has 0 spiro atoms. The molecule has 0 saturated heterocycles. The van der Waals surface area contributed by atoms with Gasteiger partial charge in [-0.25, -0.2) is 8.42 Å². The maximum atomic E-state index is 12.1. The summed E-state index contributed by atoms with van der Waals surface area (Å²) in [5.41, 5.74) is 7.22. The molecular formula is C14H18N2O3S. The number of methoxy groups -OCH3 is 1. The number of benzene rings is 1. The number of rotatable bonds is 6. The number of pyridine rings is 1. The van der Waals surface area contributed by atoms with Crippen LogP contribution < -0.4 is 5.73 Å². The minimum atomic E-state index is -3.27.